The van der Waals surface area contributed by atoms with Crippen molar-refractivity contribution in [3.8, 4) is 0 Å². The highest BCUT2D eigenvalue weighted by molar-refractivity contribution is 5.64. The first-order valence-corrected chi connectivity index (χ1v) is 4.30. The van der Waals surface area contributed by atoms with Crippen LogP contribution in [0.25, 0.3) is 0 Å². The summed E-state index contributed by atoms with van der Waals surface area (Å²) in [4.78, 5) is 18.4. The highest BCUT2D eigenvalue weighted by Crippen LogP contribution is 2.26. The van der Waals surface area contributed by atoms with Gasteiger partial charge >= 0.3 is 11.6 Å². The summed E-state index contributed by atoms with van der Waals surface area (Å²) in [6.07, 6.45) is 0. The minimum absolute atomic E-state index is 0.139. The number of nitrogens with two attached hydrogens (primary N) is 3. The summed E-state index contributed by atoms with van der Waals surface area (Å²) in [6, 6.07) is 0. The van der Waals surface area contributed by atoms with Crippen LogP contribution in [-0.2, 0) is 0 Å². The monoisotopic (exact) mass is 273 g/mol. The van der Waals surface area contributed by atoms with Crippen molar-refractivity contribution in [3.05, 3.63) is 20.2 Å². The number of hydrogen-bond acceptors (Lipinski definition) is 11. The normalized spacial score (nSPS) is 9.47. The van der Waals surface area contributed by atoms with Gasteiger partial charge in [0.05, 0.1) is 0 Å². The largest absolute Gasteiger partial charge is 0.443 e. The third kappa shape index (κ3) is 3.02. The molecule has 0 aliphatic heterocycles. The van der Waals surface area contributed by atoms with E-state index < -0.39 is 27.2 Å². The van der Waals surface area contributed by atoms with Crippen LogP contribution in [0.2, 0.25) is 0 Å². The number of nitrogens with one attached hydrogen (secondary N) is 1. The lowest BCUT2D eigenvalue weighted by molar-refractivity contribution is -0.392. The van der Waals surface area contributed by atoms with E-state index in [1.165, 1.54) is 0 Å². The third-order valence-electron chi connectivity index (χ3n) is 1.66. The van der Waals surface area contributed by atoms with E-state index in [0.717, 1.165) is 0 Å². The van der Waals surface area contributed by atoms with Gasteiger partial charge in [-0.3, -0.25) is 0 Å². The third-order valence-corrected chi connectivity index (χ3v) is 1.66. The smallest absolute Gasteiger partial charge is 0.385 e. The predicted molar refractivity (Wildman–Crippen MR) is 59.4 cm³/mol. The number of nitro groups is 2. The van der Waals surface area contributed by atoms with Crippen LogP contribution in [-0.4, -0.2) is 30.4 Å². The number of H-pyrrole nitrogens is 1. The van der Waals surface area contributed by atoms with Gasteiger partial charge in [0, 0.05) is 0 Å². The van der Waals surface area contributed by atoms with Crippen LogP contribution in [0.1, 0.15) is 0 Å². The van der Waals surface area contributed by atoms with Crippen molar-refractivity contribution in [1.82, 2.24) is 20.5 Å². The maximum atomic E-state index is 10.1. The van der Waals surface area contributed by atoms with Crippen LogP contribution in [0.15, 0.2) is 4.63 Å². The highest BCUT2D eigenvalue weighted by Gasteiger charge is 2.28. The quantitative estimate of drug-likeness (QED) is 0.384. The second kappa shape index (κ2) is 5.25. The van der Waals surface area contributed by atoms with E-state index in [2.05, 4.69) is 20.0 Å². The Hall–Kier alpha value is -3.45. The molecule has 19 heavy (non-hydrogen) atoms. The summed E-state index contributed by atoms with van der Waals surface area (Å²) in [5.74, 6) is -1.12. The van der Waals surface area contributed by atoms with Gasteiger partial charge in [-0.1, -0.05) is 0 Å². The fourth-order valence-electron chi connectivity index (χ4n) is 0.813. The summed E-state index contributed by atoms with van der Waals surface area (Å²) in [5, 5.41) is 31.4. The van der Waals surface area contributed by atoms with E-state index in [4.69, 9.17) is 17.2 Å². The molecule has 14 heteroatoms. The molecular weight excluding hydrogens is 266 g/mol. The van der Waals surface area contributed by atoms with Crippen LogP contribution >= 0.6 is 0 Å². The summed E-state index contributed by atoms with van der Waals surface area (Å²) in [5.41, 5.74) is 14.6. The molecule has 0 aliphatic carbocycles. The Balaban J connectivity index is 0.000000218. The molecule has 0 atom stereocenters. The number of aromatic amines is 1. The number of nitrogen functional groups attached to an aromatic ring is 3. The molecular formula is C5H7N9O5. The summed E-state index contributed by atoms with van der Waals surface area (Å²) in [6.45, 7) is 0. The summed E-state index contributed by atoms with van der Waals surface area (Å²) in [7, 11) is 0. The molecule has 0 radical (unpaired) electrons. The molecule has 0 bridgehead atoms. The first-order valence-electron chi connectivity index (χ1n) is 4.30. The lowest BCUT2D eigenvalue weighted by Crippen LogP contribution is -1.96. The molecule has 0 spiro atoms. The minimum Gasteiger partial charge on any atom is -0.385 e. The van der Waals surface area contributed by atoms with Gasteiger partial charge in [-0.25, -0.2) is 4.63 Å². The van der Waals surface area contributed by atoms with Gasteiger partial charge in [0.1, 0.15) is 5.10 Å². The Morgan fingerprint density at radius 2 is 1.58 bits per heavy atom. The fourth-order valence-corrected chi connectivity index (χ4v) is 0.813. The van der Waals surface area contributed by atoms with E-state index >= 15 is 0 Å². The Bertz CT molecular complexity index is 554. The molecule has 102 valence electrons. The Morgan fingerprint density at radius 3 is 1.79 bits per heavy atom. The number of aromatic nitrogens is 4. The standard InChI is InChI=1S/C3H3N5O4.C2H4N4O/c4-1-2(7(9)10)5-6-3(1)8(11)12;3-1-2(4)6-7-5-1/h4H2,(H,5,6);(H2,3,5)(H2,4,6). The maximum absolute atomic E-state index is 10.1. The van der Waals surface area contributed by atoms with Crippen molar-refractivity contribution in [2.75, 3.05) is 17.2 Å². The topological polar surface area (TPSA) is 232 Å². The van der Waals surface area contributed by atoms with E-state index in [9.17, 15) is 20.2 Å². The molecule has 14 nitrogen and oxygen atoms in total. The summed E-state index contributed by atoms with van der Waals surface area (Å²) >= 11 is 0. The number of anilines is 3. The van der Waals surface area contributed by atoms with Crippen molar-refractivity contribution < 1.29 is 14.5 Å². The van der Waals surface area contributed by atoms with Gasteiger partial charge in [0.2, 0.25) is 17.3 Å². The van der Waals surface area contributed by atoms with Gasteiger partial charge in [-0.2, -0.15) is 0 Å². The van der Waals surface area contributed by atoms with Crippen LogP contribution in [0.5, 0.6) is 0 Å². The van der Waals surface area contributed by atoms with Gasteiger partial charge in [-0.15, -0.1) is 0 Å². The molecule has 2 aromatic rings. The van der Waals surface area contributed by atoms with Gasteiger partial charge in [-0.05, 0) is 25.3 Å². The Morgan fingerprint density at radius 1 is 1.05 bits per heavy atom. The van der Waals surface area contributed by atoms with E-state index in [1.807, 2.05) is 5.10 Å². The van der Waals surface area contributed by atoms with Crippen LogP contribution in [0.3, 0.4) is 0 Å². The van der Waals surface area contributed by atoms with Gasteiger partial charge < -0.3 is 37.4 Å². The molecule has 0 fully saturated rings. The van der Waals surface area contributed by atoms with Crippen LogP contribution in [0, 0.1) is 20.2 Å². The lowest BCUT2D eigenvalue weighted by atomic mass is 10.5. The van der Waals surface area contributed by atoms with Crippen molar-refractivity contribution in [2.45, 2.75) is 0 Å². The first-order chi connectivity index (χ1) is 8.84. The Labute approximate surface area is 102 Å². The van der Waals surface area contributed by atoms with E-state index in [1.54, 1.807) is 0 Å². The van der Waals surface area contributed by atoms with Gasteiger partial charge in [0.25, 0.3) is 0 Å². The Kier molecular flexibility index (Phi) is 3.76. The number of hydrogen-bond donors (Lipinski definition) is 4. The molecule has 2 heterocycles. The molecule has 0 aliphatic rings. The molecule has 0 aromatic carbocycles. The van der Waals surface area contributed by atoms with Crippen molar-refractivity contribution in [2.24, 2.45) is 0 Å². The SMILES string of the molecule is Nc1c([N+](=O)[O-])n[nH]c1[N+](=O)[O-].Nc1nonc1N. The highest BCUT2D eigenvalue weighted by atomic mass is 16.6. The summed E-state index contributed by atoms with van der Waals surface area (Å²) < 4.78 is 4.09. The average molecular weight is 273 g/mol. The van der Waals surface area contributed by atoms with E-state index in [-0.39, 0.29) is 11.6 Å². The second-order valence-corrected chi connectivity index (χ2v) is 2.86. The minimum atomic E-state index is -0.904. The number of rotatable bonds is 2. The zero-order valence-electron chi connectivity index (χ0n) is 9.01. The second-order valence-electron chi connectivity index (χ2n) is 2.86. The van der Waals surface area contributed by atoms with E-state index in [0.29, 0.717) is 0 Å². The lowest BCUT2D eigenvalue weighted by Gasteiger charge is -1.88. The van der Waals surface area contributed by atoms with Crippen molar-refractivity contribution >= 4 is 29.0 Å². The van der Waals surface area contributed by atoms with Crippen molar-refractivity contribution in [1.29, 1.82) is 0 Å². The molecule has 0 unspecified atom stereocenters. The zero-order chi connectivity index (χ0) is 14.6. The number of nitrogens with zero attached hydrogens (tertiary/aromatic N) is 5. The predicted octanol–water partition coefficient (Wildman–Crippen LogP) is -0.958. The van der Waals surface area contributed by atoms with Crippen LogP contribution in [0.4, 0.5) is 29.0 Å². The van der Waals surface area contributed by atoms with Crippen LogP contribution < -0.4 is 17.2 Å². The van der Waals surface area contributed by atoms with Crippen molar-refractivity contribution in [3.63, 3.8) is 0 Å². The molecule has 2 rings (SSSR count). The molecule has 2 aromatic heterocycles. The van der Waals surface area contributed by atoms with Gasteiger partial charge in [0.15, 0.2) is 0 Å². The molecule has 7 N–H and O–H groups in total. The maximum Gasteiger partial charge on any atom is 0.443 e. The average Bonchev–Trinajstić information content (AvgIpc) is 2.87. The fraction of sp³-hybridized carbons (Fsp3) is 0. The molecule has 0 saturated heterocycles. The molecule has 0 saturated carbocycles. The molecule has 0 amide bonds. The zero-order valence-corrected chi connectivity index (χ0v) is 9.01. The first kappa shape index (κ1) is 13.6.